The number of amides is 1. The molecule has 0 saturated carbocycles. The van der Waals surface area contributed by atoms with Gasteiger partial charge in [-0.05, 0) is 26.7 Å². The molecule has 0 aliphatic carbocycles. The molecule has 1 heterocycles. The molecule has 0 unspecified atom stereocenters. The van der Waals surface area contributed by atoms with Crippen molar-refractivity contribution in [3.05, 3.63) is 47.5 Å². The van der Waals surface area contributed by atoms with Crippen molar-refractivity contribution in [1.29, 1.82) is 0 Å². The molecule has 4 nitrogen and oxygen atoms in total. The van der Waals surface area contributed by atoms with Crippen LogP contribution in [-0.2, 0) is 4.79 Å². The van der Waals surface area contributed by atoms with E-state index in [0.717, 1.165) is 5.56 Å². The van der Waals surface area contributed by atoms with E-state index in [1.807, 2.05) is 38.1 Å². The third-order valence-electron chi connectivity index (χ3n) is 4.33. The highest BCUT2D eigenvalue weighted by Gasteiger charge is 2.51. The van der Waals surface area contributed by atoms with Gasteiger partial charge in [0.15, 0.2) is 5.78 Å². The summed E-state index contributed by atoms with van der Waals surface area (Å²) in [5.74, 6) is -0.277. The monoisotopic (exact) mass is 301 g/mol. The zero-order chi connectivity index (χ0) is 16.2. The van der Waals surface area contributed by atoms with Crippen LogP contribution in [0.1, 0.15) is 35.7 Å². The van der Waals surface area contributed by atoms with E-state index >= 15 is 0 Å². The molecule has 0 aromatic heterocycles. The minimum atomic E-state index is -1.02. The number of carbonyl (C=O) groups is 2. The van der Waals surface area contributed by atoms with Crippen LogP contribution in [0.4, 0.5) is 0 Å². The lowest BCUT2D eigenvalue weighted by molar-refractivity contribution is -0.134. The molecule has 1 aromatic rings. The first kappa shape index (κ1) is 16.4. The molecule has 0 bridgehead atoms. The van der Waals surface area contributed by atoms with Crippen molar-refractivity contribution >= 4 is 11.7 Å². The number of hydrogen-bond acceptors (Lipinski definition) is 3. The molecule has 118 valence electrons. The fourth-order valence-electron chi connectivity index (χ4n) is 2.96. The molecule has 0 radical (unpaired) electrons. The topological polar surface area (TPSA) is 57.6 Å². The second-order valence-electron chi connectivity index (χ2n) is 5.82. The average molecular weight is 301 g/mol. The summed E-state index contributed by atoms with van der Waals surface area (Å²) in [6.07, 6.45) is 4.67. The molecular weight excluding hydrogens is 278 g/mol. The van der Waals surface area contributed by atoms with Crippen molar-refractivity contribution in [1.82, 2.24) is 4.90 Å². The second kappa shape index (κ2) is 6.88. The number of hydrogen-bond donors (Lipinski definition) is 1. The minimum Gasteiger partial charge on any atom is -0.395 e. The minimum absolute atomic E-state index is 0.0792. The van der Waals surface area contributed by atoms with E-state index in [9.17, 15) is 9.59 Å². The van der Waals surface area contributed by atoms with Crippen LogP contribution in [0.5, 0.6) is 0 Å². The van der Waals surface area contributed by atoms with Gasteiger partial charge >= 0.3 is 0 Å². The maximum atomic E-state index is 13.0. The Morgan fingerprint density at radius 2 is 2.05 bits per heavy atom. The Morgan fingerprint density at radius 1 is 1.36 bits per heavy atom. The van der Waals surface area contributed by atoms with Crippen LogP contribution in [0.2, 0.25) is 0 Å². The van der Waals surface area contributed by atoms with Crippen LogP contribution in [0.25, 0.3) is 0 Å². The Hall–Kier alpha value is -1.94. The van der Waals surface area contributed by atoms with Crippen LogP contribution >= 0.6 is 0 Å². The van der Waals surface area contributed by atoms with E-state index in [-0.39, 0.29) is 24.8 Å². The van der Waals surface area contributed by atoms with Crippen molar-refractivity contribution in [3.63, 3.8) is 0 Å². The standard InChI is InChI=1S/C18H23NO3/c1-3-4-9-18(10-11-19(12-13-20)17(18)22)16(21)15-7-5-14(2)6-8-15/h3-8,20H,9-13H2,1-2H3/b4-3+/t18-/m0/s1. The third-order valence-corrected chi connectivity index (χ3v) is 4.33. The van der Waals surface area contributed by atoms with Gasteiger partial charge in [-0.15, -0.1) is 0 Å². The summed E-state index contributed by atoms with van der Waals surface area (Å²) in [7, 11) is 0. The van der Waals surface area contributed by atoms with Crippen LogP contribution in [-0.4, -0.2) is 41.4 Å². The predicted molar refractivity (Wildman–Crippen MR) is 85.7 cm³/mol. The van der Waals surface area contributed by atoms with Gasteiger partial charge < -0.3 is 10.0 Å². The molecule has 0 spiro atoms. The maximum Gasteiger partial charge on any atom is 0.237 e. The Bertz CT molecular complexity index is 576. The lowest BCUT2D eigenvalue weighted by Crippen LogP contribution is -2.41. The molecule has 1 aliphatic rings. The first-order chi connectivity index (χ1) is 10.5. The number of ketones is 1. The first-order valence-electron chi connectivity index (χ1n) is 7.68. The summed E-state index contributed by atoms with van der Waals surface area (Å²) in [4.78, 5) is 27.4. The summed E-state index contributed by atoms with van der Waals surface area (Å²) in [5.41, 5.74) is 0.643. The van der Waals surface area contributed by atoms with Crippen molar-refractivity contribution < 1.29 is 14.7 Å². The summed E-state index contributed by atoms with van der Waals surface area (Å²) in [6.45, 7) is 4.58. The third kappa shape index (κ3) is 2.97. The van der Waals surface area contributed by atoms with Gasteiger partial charge in [-0.25, -0.2) is 0 Å². The number of Topliss-reactive ketones (excluding diaryl/α,β-unsaturated/α-hetero) is 1. The normalized spacial score (nSPS) is 21.8. The quantitative estimate of drug-likeness (QED) is 0.498. The predicted octanol–water partition coefficient (Wildman–Crippen LogP) is 2.35. The first-order valence-corrected chi connectivity index (χ1v) is 7.68. The van der Waals surface area contributed by atoms with Crippen molar-refractivity contribution in [2.45, 2.75) is 26.7 Å². The van der Waals surface area contributed by atoms with Crippen LogP contribution in [0.3, 0.4) is 0 Å². The van der Waals surface area contributed by atoms with Gasteiger partial charge in [-0.3, -0.25) is 9.59 Å². The second-order valence-corrected chi connectivity index (χ2v) is 5.82. The van der Waals surface area contributed by atoms with Crippen LogP contribution < -0.4 is 0 Å². The lowest BCUT2D eigenvalue weighted by atomic mass is 9.76. The van der Waals surface area contributed by atoms with Gasteiger partial charge in [-0.1, -0.05) is 42.0 Å². The molecule has 1 saturated heterocycles. The molecule has 2 rings (SSSR count). The van der Waals surface area contributed by atoms with E-state index in [4.69, 9.17) is 5.11 Å². The number of allylic oxidation sites excluding steroid dienone is 2. The summed E-state index contributed by atoms with van der Waals surface area (Å²) >= 11 is 0. The molecule has 1 atom stereocenters. The summed E-state index contributed by atoms with van der Waals surface area (Å²) < 4.78 is 0. The molecule has 1 aliphatic heterocycles. The van der Waals surface area contributed by atoms with Gasteiger partial charge in [0.2, 0.25) is 5.91 Å². The summed E-state index contributed by atoms with van der Waals surface area (Å²) in [6, 6.07) is 7.36. The highest BCUT2D eigenvalue weighted by atomic mass is 16.3. The SMILES string of the molecule is C/C=C/C[C@@]1(C(=O)c2ccc(C)cc2)CCN(CCO)C1=O. The molecule has 1 N–H and O–H groups in total. The molecule has 22 heavy (non-hydrogen) atoms. The fraction of sp³-hybridized carbons (Fsp3) is 0.444. The van der Waals surface area contributed by atoms with Gasteiger partial charge in [0.25, 0.3) is 0 Å². The number of aryl methyl sites for hydroxylation is 1. The van der Waals surface area contributed by atoms with Gasteiger partial charge in [0.1, 0.15) is 5.41 Å². The van der Waals surface area contributed by atoms with Gasteiger partial charge in [-0.2, -0.15) is 0 Å². The zero-order valence-corrected chi connectivity index (χ0v) is 13.2. The number of carbonyl (C=O) groups excluding carboxylic acids is 2. The summed E-state index contributed by atoms with van der Waals surface area (Å²) in [5, 5.41) is 9.08. The van der Waals surface area contributed by atoms with Crippen molar-refractivity contribution in [2.24, 2.45) is 5.41 Å². The lowest BCUT2D eigenvalue weighted by Gasteiger charge is -2.25. The van der Waals surface area contributed by atoms with E-state index in [1.54, 1.807) is 17.0 Å². The Labute approximate surface area is 131 Å². The molecule has 4 heteroatoms. The van der Waals surface area contributed by atoms with Crippen LogP contribution in [0, 0.1) is 12.3 Å². The van der Waals surface area contributed by atoms with E-state index in [0.29, 0.717) is 24.9 Å². The molecule has 1 fully saturated rings. The number of rotatable bonds is 6. The Kier molecular flexibility index (Phi) is 5.14. The van der Waals surface area contributed by atoms with E-state index in [2.05, 4.69) is 0 Å². The largest absolute Gasteiger partial charge is 0.395 e. The smallest absolute Gasteiger partial charge is 0.237 e. The highest BCUT2D eigenvalue weighted by molar-refractivity contribution is 6.15. The fourth-order valence-corrected chi connectivity index (χ4v) is 2.96. The van der Waals surface area contributed by atoms with E-state index in [1.165, 1.54) is 0 Å². The van der Waals surface area contributed by atoms with Gasteiger partial charge in [0.05, 0.1) is 6.61 Å². The van der Waals surface area contributed by atoms with E-state index < -0.39 is 5.41 Å². The molecular formula is C18H23NO3. The number of aliphatic hydroxyl groups excluding tert-OH is 1. The maximum absolute atomic E-state index is 13.0. The average Bonchev–Trinajstić information content (AvgIpc) is 2.84. The van der Waals surface area contributed by atoms with Crippen molar-refractivity contribution in [2.75, 3.05) is 19.7 Å². The molecule has 1 amide bonds. The highest BCUT2D eigenvalue weighted by Crippen LogP contribution is 2.39. The number of nitrogens with zero attached hydrogens (tertiary/aromatic N) is 1. The zero-order valence-electron chi connectivity index (χ0n) is 13.2. The number of benzene rings is 1. The number of aliphatic hydroxyl groups is 1. The van der Waals surface area contributed by atoms with Gasteiger partial charge in [0, 0.05) is 18.7 Å². The number of β-amino-alcohol motifs (C(OH)–C–C–N with tert-alkyl or cyclic N) is 1. The Morgan fingerprint density at radius 3 is 2.64 bits per heavy atom. The molecule has 1 aromatic carbocycles. The van der Waals surface area contributed by atoms with Crippen LogP contribution in [0.15, 0.2) is 36.4 Å². The number of likely N-dealkylation sites (tertiary alicyclic amines) is 1. The Balaban J connectivity index is 2.35. The van der Waals surface area contributed by atoms with Crippen molar-refractivity contribution in [3.8, 4) is 0 Å².